The molecule has 0 aliphatic carbocycles. The summed E-state index contributed by atoms with van der Waals surface area (Å²) in [6.45, 7) is 4.76. The summed E-state index contributed by atoms with van der Waals surface area (Å²) in [7, 11) is -4.18. The molecule has 0 amide bonds. The van der Waals surface area contributed by atoms with Crippen LogP contribution in [-0.2, 0) is 9.36 Å². The second kappa shape index (κ2) is 4.36. The van der Waals surface area contributed by atoms with Crippen molar-refractivity contribution >= 4 is 13.4 Å². The van der Waals surface area contributed by atoms with Gasteiger partial charge in [-0.3, -0.25) is 9.36 Å². The second-order valence-corrected chi connectivity index (χ2v) is 5.39. The Morgan fingerprint density at radius 3 is 1.77 bits per heavy atom. The lowest BCUT2D eigenvalue weighted by Gasteiger charge is -2.31. The smallest absolute Gasteiger partial charge is 0.324 e. The summed E-state index contributed by atoms with van der Waals surface area (Å²) in [6.07, 6.45) is 0.616. The maximum Gasteiger partial charge on any atom is 0.332 e. The van der Waals surface area contributed by atoms with E-state index in [-0.39, 0.29) is 12.2 Å². The average Bonchev–Trinajstić information content (AvgIpc) is 1.97. The van der Waals surface area contributed by atoms with Crippen LogP contribution in [0.5, 0.6) is 0 Å². The van der Waals surface area contributed by atoms with E-state index in [4.69, 9.17) is 9.79 Å². The summed E-state index contributed by atoms with van der Waals surface area (Å²) < 4.78 is 11.2. The van der Waals surface area contributed by atoms with Crippen LogP contribution in [0.1, 0.15) is 40.0 Å². The van der Waals surface area contributed by atoms with Crippen molar-refractivity contribution in [3.8, 4) is 0 Å². The standard InChI is InChI=1S/C8H17O4P/c1-4-8(5-2,6-7(3)9)13(10,11)12/h4-6H2,1-3H3,(H2,10,11,12). The van der Waals surface area contributed by atoms with E-state index in [0.29, 0.717) is 12.8 Å². The zero-order valence-electron chi connectivity index (χ0n) is 8.28. The molecule has 0 bridgehead atoms. The van der Waals surface area contributed by atoms with E-state index in [1.165, 1.54) is 6.92 Å². The third-order valence-corrected chi connectivity index (χ3v) is 4.54. The van der Waals surface area contributed by atoms with E-state index >= 15 is 0 Å². The van der Waals surface area contributed by atoms with E-state index in [0.717, 1.165) is 0 Å². The van der Waals surface area contributed by atoms with E-state index in [1.54, 1.807) is 13.8 Å². The molecule has 0 unspecified atom stereocenters. The molecule has 78 valence electrons. The molecule has 0 spiro atoms. The highest BCUT2D eigenvalue weighted by Crippen LogP contribution is 2.56. The zero-order valence-corrected chi connectivity index (χ0v) is 9.17. The van der Waals surface area contributed by atoms with Gasteiger partial charge in [0.1, 0.15) is 5.78 Å². The first kappa shape index (κ1) is 12.8. The fourth-order valence-corrected chi connectivity index (χ4v) is 2.73. The van der Waals surface area contributed by atoms with E-state index in [2.05, 4.69) is 0 Å². The molecule has 0 saturated carbocycles. The minimum Gasteiger partial charge on any atom is -0.324 e. The van der Waals surface area contributed by atoms with Gasteiger partial charge >= 0.3 is 7.60 Å². The molecule has 0 atom stereocenters. The van der Waals surface area contributed by atoms with Gasteiger partial charge in [0.25, 0.3) is 0 Å². The number of hydrogen-bond acceptors (Lipinski definition) is 2. The number of carbonyl (C=O) groups excluding carboxylic acids is 1. The zero-order chi connectivity index (χ0) is 10.7. The van der Waals surface area contributed by atoms with Crippen molar-refractivity contribution in [2.24, 2.45) is 0 Å². The Bertz CT molecular complexity index is 226. The first-order valence-corrected chi connectivity index (χ1v) is 5.95. The molecule has 0 radical (unpaired) electrons. The Balaban J connectivity index is 4.92. The quantitative estimate of drug-likeness (QED) is 0.674. The Morgan fingerprint density at radius 1 is 1.31 bits per heavy atom. The van der Waals surface area contributed by atoms with Gasteiger partial charge in [-0.1, -0.05) is 13.8 Å². The number of Topliss-reactive ketones (excluding diaryl/α,β-unsaturated/α-hetero) is 1. The Hall–Kier alpha value is -0.180. The van der Waals surface area contributed by atoms with Crippen LogP contribution in [0.2, 0.25) is 0 Å². The van der Waals surface area contributed by atoms with Crippen LogP contribution < -0.4 is 0 Å². The number of carbonyl (C=O) groups is 1. The highest BCUT2D eigenvalue weighted by Gasteiger charge is 2.44. The lowest BCUT2D eigenvalue weighted by Crippen LogP contribution is -2.29. The van der Waals surface area contributed by atoms with E-state index < -0.39 is 12.8 Å². The van der Waals surface area contributed by atoms with Crippen molar-refractivity contribution in [3.63, 3.8) is 0 Å². The summed E-state index contributed by atoms with van der Waals surface area (Å²) in [6, 6.07) is 0. The average molecular weight is 208 g/mol. The van der Waals surface area contributed by atoms with Crippen LogP contribution in [0.15, 0.2) is 0 Å². The van der Waals surface area contributed by atoms with Gasteiger partial charge in [0.2, 0.25) is 0 Å². The van der Waals surface area contributed by atoms with Crippen LogP contribution in [0.3, 0.4) is 0 Å². The molecular formula is C8H17O4P. The van der Waals surface area contributed by atoms with Gasteiger partial charge in [-0.15, -0.1) is 0 Å². The Morgan fingerprint density at radius 2 is 1.69 bits per heavy atom. The summed E-state index contributed by atoms with van der Waals surface area (Å²) in [4.78, 5) is 29.2. The van der Waals surface area contributed by atoms with Crippen molar-refractivity contribution in [1.29, 1.82) is 0 Å². The van der Waals surface area contributed by atoms with Gasteiger partial charge in [-0.25, -0.2) is 0 Å². The minimum atomic E-state index is -4.18. The van der Waals surface area contributed by atoms with E-state index in [9.17, 15) is 9.36 Å². The lowest BCUT2D eigenvalue weighted by molar-refractivity contribution is -0.117. The van der Waals surface area contributed by atoms with Crippen molar-refractivity contribution in [2.75, 3.05) is 0 Å². The molecule has 0 aliphatic heterocycles. The van der Waals surface area contributed by atoms with Crippen LogP contribution in [0, 0.1) is 0 Å². The highest BCUT2D eigenvalue weighted by atomic mass is 31.2. The maximum absolute atomic E-state index is 11.2. The van der Waals surface area contributed by atoms with Crippen LogP contribution in [0.25, 0.3) is 0 Å². The van der Waals surface area contributed by atoms with Crippen molar-refractivity contribution in [2.45, 2.75) is 45.2 Å². The van der Waals surface area contributed by atoms with E-state index in [1.807, 2.05) is 0 Å². The van der Waals surface area contributed by atoms with Crippen molar-refractivity contribution in [3.05, 3.63) is 0 Å². The maximum atomic E-state index is 11.2. The second-order valence-electron chi connectivity index (χ2n) is 3.35. The SMILES string of the molecule is CCC(CC)(CC(C)=O)P(=O)(O)O. The van der Waals surface area contributed by atoms with Gasteiger partial charge in [-0.05, 0) is 19.8 Å². The Kier molecular flexibility index (Phi) is 4.30. The summed E-state index contributed by atoms with van der Waals surface area (Å²) >= 11 is 0. The lowest BCUT2D eigenvalue weighted by atomic mass is 9.96. The fraction of sp³-hybridized carbons (Fsp3) is 0.875. The molecule has 0 saturated heterocycles. The highest BCUT2D eigenvalue weighted by molar-refractivity contribution is 7.53. The molecule has 4 nitrogen and oxygen atoms in total. The number of ketones is 1. The van der Waals surface area contributed by atoms with Gasteiger partial charge in [-0.2, -0.15) is 0 Å². The molecule has 0 aromatic rings. The van der Waals surface area contributed by atoms with Crippen LogP contribution in [-0.4, -0.2) is 20.7 Å². The summed E-state index contributed by atoms with van der Waals surface area (Å²) in [5, 5.41) is -1.14. The first-order valence-electron chi connectivity index (χ1n) is 4.34. The molecule has 0 aromatic heterocycles. The van der Waals surface area contributed by atoms with Gasteiger partial charge in [0, 0.05) is 6.42 Å². The Labute approximate surface area is 78.5 Å². The molecule has 0 rings (SSSR count). The van der Waals surface area contributed by atoms with Gasteiger partial charge in [0.05, 0.1) is 5.16 Å². The van der Waals surface area contributed by atoms with Crippen molar-refractivity contribution in [1.82, 2.24) is 0 Å². The molecule has 5 heteroatoms. The first-order chi connectivity index (χ1) is 5.79. The molecule has 0 heterocycles. The number of hydrogen-bond donors (Lipinski definition) is 2. The van der Waals surface area contributed by atoms with Crippen LogP contribution in [0.4, 0.5) is 0 Å². The molecular weight excluding hydrogens is 191 g/mol. The molecule has 0 aliphatic rings. The topological polar surface area (TPSA) is 74.6 Å². The van der Waals surface area contributed by atoms with Gasteiger partial charge in [0.15, 0.2) is 0 Å². The summed E-state index contributed by atoms with van der Waals surface area (Å²) in [5.41, 5.74) is 0. The number of rotatable bonds is 5. The summed E-state index contributed by atoms with van der Waals surface area (Å²) in [5.74, 6) is -0.174. The van der Waals surface area contributed by atoms with Crippen LogP contribution >= 0.6 is 7.60 Å². The molecule has 0 fully saturated rings. The predicted octanol–water partition coefficient (Wildman–Crippen LogP) is 1.70. The molecule has 0 aromatic carbocycles. The normalized spacial score (nSPS) is 13.0. The monoisotopic (exact) mass is 208 g/mol. The minimum absolute atomic E-state index is 0.0374. The molecule has 13 heavy (non-hydrogen) atoms. The molecule has 2 N–H and O–H groups in total. The largest absolute Gasteiger partial charge is 0.332 e. The van der Waals surface area contributed by atoms with Crippen molar-refractivity contribution < 1.29 is 19.1 Å². The predicted molar refractivity (Wildman–Crippen MR) is 50.7 cm³/mol. The third-order valence-electron chi connectivity index (χ3n) is 2.51. The third kappa shape index (κ3) is 2.90. The van der Waals surface area contributed by atoms with Gasteiger partial charge < -0.3 is 9.79 Å². The fourth-order valence-electron chi connectivity index (χ4n) is 1.48.